The van der Waals surface area contributed by atoms with Crippen LogP contribution in [0.5, 0.6) is 0 Å². The SMILES string of the molecule is CCN(CC)C(=O)CN1CCN(C(=O)c2cc(Br)c(Br)s2)CC1. The molecule has 2 rings (SSSR count). The Labute approximate surface area is 157 Å². The van der Waals surface area contributed by atoms with Crippen LogP contribution in [0.1, 0.15) is 23.5 Å². The Morgan fingerprint density at radius 2 is 1.78 bits per heavy atom. The fourth-order valence-electron chi connectivity index (χ4n) is 2.58. The molecule has 128 valence electrons. The van der Waals surface area contributed by atoms with Gasteiger partial charge in [0, 0.05) is 43.7 Å². The lowest BCUT2D eigenvalue weighted by atomic mass is 10.3. The van der Waals surface area contributed by atoms with E-state index in [0.29, 0.717) is 19.6 Å². The number of thiophene rings is 1. The summed E-state index contributed by atoms with van der Waals surface area (Å²) in [5.41, 5.74) is 0. The van der Waals surface area contributed by atoms with Crippen molar-refractivity contribution in [1.29, 1.82) is 0 Å². The van der Waals surface area contributed by atoms with Crippen LogP contribution in [0.3, 0.4) is 0 Å². The number of halogens is 2. The maximum absolute atomic E-state index is 12.5. The summed E-state index contributed by atoms with van der Waals surface area (Å²) >= 11 is 8.28. The van der Waals surface area contributed by atoms with Gasteiger partial charge in [0.15, 0.2) is 0 Å². The summed E-state index contributed by atoms with van der Waals surface area (Å²) in [4.78, 5) is 31.2. The molecule has 0 N–H and O–H groups in total. The normalized spacial score (nSPS) is 15.7. The van der Waals surface area contributed by atoms with Gasteiger partial charge < -0.3 is 9.80 Å². The largest absolute Gasteiger partial charge is 0.342 e. The second kappa shape index (κ2) is 8.60. The van der Waals surface area contributed by atoms with E-state index in [2.05, 4.69) is 36.8 Å². The molecule has 1 saturated heterocycles. The molecule has 0 spiro atoms. The van der Waals surface area contributed by atoms with E-state index in [-0.39, 0.29) is 11.8 Å². The lowest BCUT2D eigenvalue weighted by Gasteiger charge is -2.35. The minimum absolute atomic E-state index is 0.0659. The molecule has 0 saturated carbocycles. The quantitative estimate of drug-likeness (QED) is 0.670. The maximum Gasteiger partial charge on any atom is 0.264 e. The molecular weight excluding hydrogens is 446 g/mol. The number of hydrogen-bond donors (Lipinski definition) is 0. The average molecular weight is 467 g/mol. The molecular formula is C15H21Br2N3O2S. The third-order valence-electron chi connectivity index (χ3n) is 3.99. The van der Waals surface area contributed by atoms with Gasteiger partial charge in [-0.25, -0.2) is 0 Å². The number of amides is 2. The molecule has 1 aromatic rings. The summed E-state index contributed by atoms with van der Waals surface area (Å²) in [5.74, 6) is 0.233. The van der Waals surface area contributed by atoms with Crippen LogP contribution in [0.15, 0.2) is 14.3 Å². The zero-order chi connectivity index (χ0) is 17.0. The number of likely N-dealkylation sites (N-methyl/N-ethyl adjacent to an activating group) is 1. The van der Waals surface area contributed by atoms with Crippen molar-refractivity contribution >= 4 is 55.0 Å². The Bertz CT molecular complexity index is 548. The lowest BCUT2D eigenvalue weighted by molar-refractivity contribution is -0.132. The average Bonchev–Trinajstić information content (AvgIpc) is 2.88. The first-order chi connectivity index (χ1) is 11.0. The van der Waals surface area contributed by atoms with Gasteiger partial charge in [0.2, 0.25) is 5.91 Å². The number of carbonyl (C=O) groups is 2. The molecule has 1 fully saturated rings. The topological polar surface area (TPSA) is 43.9 Å². The zero-order valence-electron chi connectivity index (χ0n) is 13.3. The predicted octanol–water partition coefficient (Wildman–Crippen LogP) is 2.90. The van der Waals surface area contributed by atoms with Gasteiger partial charge in [0.25, 0.3) is 5.91 Å². The van der Waals surface area contributed by atoms with E-state index < -0.39 is 0 Å². The fraction of sp³-hybridized carbons (Fsp3) is 0.600. The van der Waals surface area contributed by atoms with E-state index in [4.69, 9.17) is 0 Å². The number of nitrogens with zero attached hydrogens (tertiary/aromatic N) is 3. The van der Waals surface area contributed by atoms with Crippen LogP contribution in [-0.2, 0) is 4.79 Å². The lowest BCUT2D eigenvalue weighted by Crippen LogP contribution is -2.51. The Balaban J connectivity index is 1.86. The smallest absolute Gasteiger partial charge is 0.264 e. The van der Waals surface area contributed by atoms with Crippen LogP contribution >= 0.6 is 43.2 Å². The molecule has 0 bridgehead atoms. The van der Waals surface area contributed by atoms with Crippen molar-refractivity contribution in [1.82, 2.24) is 14.7 Å². The first kappa shape index (κ1) is 18.9. The fourth-order valence-corrected chi connectivity index (χ4v) is 4.59. The molecule has 23 heavy (non-hydrogen) atoms. The molecule has 1 aliphatic heterocycles. The van der Waals surface area contributed by atoms with Gasteiger partial charge in [-0.3, -0.25) is 14.5 Å². The van der Waals surface area contributed by atoms with Crippen molar-refractivity contribution in [2.45, 2.75) is 13.8 Å². The Morgan fingerprint density at radius 3 is 2.26 bits per heavy atom. The zero-order valence-corrected chi connectivity index (χ0v) is 17.3. The summed E-state index contributed by atoms with van der Waals surface area (Å²) < 4.78 is 1.85. The Morgan fingerprint density at radius 1 is 1.17 bits per heavy atom. The minimum Gasteiger partial charge on any atom is -0.342 e. The number of carbonyl (C=O) groups excluding carboxylic acids is 2. The van der Waals surface area contributed by atoms with Crippen molar-refractivity contribution in [3.63, 3.8) is 0 Å². The van der Waals surface area contributed by atoms with Gasteiger partial charge in [-0.15, -0.1) is 11.3 Å². The van der Waals surface area contributed by atoms with Crippen LogP contribution in [0.25, 0.3) is 0 Å². The molecule has 0 aliphatic carbocycles. The highest BCUT2D eigenvalue weighted by molar-refractivity contribution is 9.13. The molecule has 8 heteroatoms. The van der Waals surface area contributed by atoms with Crippen LogP contribution in [0, 0.1) is 0 Å². The van der Waals surface area contributed by atoms with E-state index in [9.17, 15) is 9.59 Å². The van der Waals surface area contributed by atoms with Crippen LogP contribution in [-0.4, -0.2) is 72.3 Å². The van der Waals surface area contributed by atoms with E-state index in [0.717, 1.165) is 39.3 Å². The first-order valence-corrected chi connectivity index (χ1v) is 10.1. The Kier molecular flexibility index (Phi) is 7.06. The highest BCUT2D eigenvalue weighted by Crippen LogP contribution is 2.33. The molecule has 0 aromatic carbocycles. The Hall–Kier alpha value is -0.440. The standard InChI is InChI=1S/C15H21Br2N3O2S/c1-3-19(4-2)13(21)10-18-5-7-20(8-6-18)15(22)12-9-11(16)14(17)23-12/h9H,3-8,10H2,1-2H3. The molecule has 2 heterocycles. The van der Waals surface area contributed by atoms with Crippen LogP contribution in [0.2, 0.25) is 0 Å². The summed E-state index contributed by atoms with van der Waals surface area (Å²) in [6.07, 6.45) is 0. The number of hydrogen-bond acceptors (Lipinski definition) is 4. The minimum atomic E-state index is 0.0659. The van der Waals surface area contributed by atoms with Crippen LogP contribution < -0.4 is 0 Å². The third kappa shape index (κ3) is 4.78. The van der Waals surface area contributed by atoms with Gasteiger partial charge in [-0.05, 0) is 51.8 Å². The van der Waals surface area contributed by atoms with Gasteiger partial charge >= 0.3 is 0 Å². The molecule has 2 amide bonds. The van der Waals surface area contributed by atoms with Crippen molar-refractivity contribution in [3.8, 4) is 0 Å². The monoisotopic (exact) mass is 465 g/mol. The van der Waals surface area contributed by atoms with Crippen LogP contribution in [0.4, 0.5) is 0 Å². The third-order valence-corrected chi connectivity index (χ3v) is 7.23. The van der Waals surface area contributed by atoms with E-state index >= 15 is 0 Å². The highest BCUT2D eigenvalue weighted by Gasteiger charge is 2.25. The highest BCUT2D eigenvalue weighted by atomic mass is 79.9. The predicted molar refractivity (Wildman–Crippen MR) is 100.0 cm³/mol. The molecule has 1 aromatic heterocycles. The summed E-state index contributed by atoms with van der Waals surface area (Å²) in [6.45, 7) is 8.74. The summed E-state index contributed by atoms with van der Waals surface area (Å²) in [6, 6.07) is 1.85. The van der Waals surface area contributed by atoms with Crippen molar-refractivity contribution in [2.24, 2.45) is 0 Å². The first-order valence-electron chi connectivity index (χ1n) is 7.70. The van der Waals surface area contributed by atoms with Gasteiger partial charge in [-0.2, -0.15) is 0 Å². The van der Waals surface area contributed by atoms with Gasteiger partial charge in [0.05, 0.1) is 15.2 Å². The summed E-state index contributed by atoms with van der Waals surface area (Å²) in [7, 11) is 0. The van der Waals surface area contributed by atoms with Crippen molar-refractivity contribution in [2.75, 3.05) is 45.8 Å². The second-order valence-corrected chi connectivity index (χ2v) is 8.59. The van der Waals surface area contributed by atoms with Gasteiger partial charge in [0.1, 0.15) is 0 Å². The molecule has 0 atom stereocenters. The molecule has 5 nitrogen and oxygen atoms in total. The van der Waals surface area contributed by atoms with Crippen molar-refractivity contribution in [3.05, 3.63) is 19.2 Å². The molecule has 0 unspecified atom stereocenters. The second-order valence-electron chi connectivity index (χ2n) is 5.37. The summed E-state index contributed by atoms with van der Waals surface area (Å²) in [5, 5.41) is 0. The molecule has 1 aliphatic rings. The van der Waals surface area contributed by atoms with E-state index in [1.165, 1.54) is 11.3 Å². The van der Waals surface area contributed by atoms with E-state index in [1.54, 1.807) is 0 Å². The maximum atomic E-state index is 12.5. The van der Waals surface area contributed by atoms with Gasteiger partial charge in [-0.1, -0.05) is 0 Å². The molecule has 0 radical (unpaired) electrons. The van der Waals surface area contributed by atoms with Crippen molar-refractivity contribution < 1.29 is 9.59 Å². The van der Waals surface area contributed by atoms with E-state index in [1.807, 2.05) is 29.7 Å². The number of piperazine rings is 1. The number of rotatable bonds is 5.